The Balaban J connectivity index is 0. The summed E-state index contributed by atoms with van der Waals surface area (Å²) in [4.78, 5) is 0. The predicted molar refractivity (Wildman–Crippen MR) is 10.1 cm³/mol. The maximum Gasteiger partial charge on any atom is 6.00 e. The molecule has 0 amide bonds. The fourth-order valence-electron chi connectivity index (χ4n) is 0. The molecule has 0 radical (unpaired) electrons. The minimum atomic E-state index is 0. The van der Waals surface area contributed by atoms with Crippen molar-refractivity contribution in [2.45, 2.75) is 0 Å². The first-order chi connectivity index (χ1) is 0. The van der Waals surface area contributed by atoms with Gasteiger partial charge in [0.15, 0.2) is 0 Å². The molecule has 0 saturated heterocycles. The van der Waals surface area contributed by atoms with E-state index in [4.69, 9.17) is 0 Å². The van der Waals surface area contributed by atoms with Crippen LogP contribution in [0.25, 0.3) is 18.5 Å². The van der Waals surface area contributed by atoms with Gasteiger partial charge in [-0.15, -0.1) is 0 Å². The number of hydrogen-bond acceptors (Lipinski definition) is 0. The third kappa shape index (κ3) is 60.7. The Morgan fingerprint density at radius 3 is 0.429 bits per heavy atom. The second kappa shape index (κ2) is 81.3. The standard InChI is InChI=1S/3Li.Mo.3N/q3*+1;+6;3*-3. The van der Waals surface area contributed by atoms with Crippen LogP contribution in [0.15, 0.2) is 0 Å². The average Bonchev–Trinajstić information content (AvgIpc) is 0. The number of hydrogen-bond donors (Lipinski definition) is 0. The van der Waals surface area contributed by atoms with E-state index in [9.17, 15) is 0 Å². The van der Waals surface area contributed by atoms with Gasteiger partial charge in [-0.25, -0.2) is 0 Å². The summed E-state index contributed by atoms with van der Waals surface area (Å²) in [5, 5.41) is 0. The maximum atomic E-state index is 0. The van der Waals surface area contributed by atoms with E-state index in [1.165, 1.54) is 0 Å². The molecule has 0 aliphatic rings. The van der Waals surface area contributed by atoms with Crippen LogP contribution in [0, 0.1) is 0 Å². The van der Waals surface area contributed by atoms with E-state index in [0.717, 1.165) is 0 Å². The molecule has 0 fully saturated rings. The van der Waals surface area contributed by atoms with Gasteiger partial charge in [0.2, 0.25) is 0 Å². The Labute approximate surface area is 95.1 Å². The van der Waals surface area contributed by atoms with Gasteiger partial charge in [0.05, 0.1) is 0 Å². The van der Waals surface area contributed by atoms with Crippen LogP contribution < -0.4 is 56.6 Å². The van der Waals surface area contributed by atoms with Crippen molar-refractivity contribution in [3.63, 3.8) is 0 Å². The van der Waals surface area contributed by atoms with Gasteiger partial charge in [-0.05, 0) is 0 Å². The van der Waals surface area contributed by atoms with Gasteiger partial charge in [-0.2, -0.15) is 0 Å². The van der Waals surface area contributed by atoms with E-state index in [2.05, 4.69) is 0 Å². The van der Waals surface area contributed by atoms with Crippen LogP contribution in [0.3, 0.4) is 0 Å². The van der Waals surface area contributed by atoms with E-state index in [0.29, 0.717) is 0 Å². The molecule has 7 heavy (non-hydrogen) atoms. The van der Waals surface area contributed by atoms with Crippen LogP contribution in [-0.4, -0.2) is 0 Å². The molecule has 0 atom stereocenters. The topological polar surface area (TPSA) is 91.5 Å². The van der Waals surface area contributed by atoms with E-state index in [1.807, 2.05) is 0 Å². The fraction of sp³-hybridized carbons (Fsp3) is 0. The molecule has 0 rings (SSSR count). The summed E-state index contributed by atoms with van der Waals surface area (Å²) < 4.78 is 0. The minimum Gasteiger partial charge on any atom is -3.00 e. The van der Waals surface area contributed by atoms with Crippen molar-refractivity contribution in [3.05, 3.63) is 18.5 Å². The molecular weight excluding hydrogens is 159 g/mol. The zero-order valence-corrected chi connectivity index (χ0v) is 6.76. The summed E-state index contributed by atoms with van der Waals surface area (Å²) in [7, 11) is 0. The van der Waals surface area contributed by atoms with Crippen LogP contribution in [0.1, 0.15) is 0 Å². The first-order valence-corrected chi connectivity index (χ1v) is 0. The molecule has 0 saturated carbocycles. The summed E-state index contributed by atoms with van der Waals surface area (Å²) in [5.74, 6) is 0. The molecule has 0 aromatic carbocycles. The Morgan fingerprint density at radius 1 is 0.429 bits per heavy atom. The molecule has 0 aliphatic heterocycles. The number of nitrogens with zero attached hydrogens (tertiary/aromatic N) is 3. The summed E-state index contributed by atoms with van der Waals surface area (Å²) in [5.41, 5.74) is 0. The van der Waals surface area contributed by atoms with Gasteiger partial charge in [0, 0.05) is 0 Å². The van der Waals surface area contributed by atoms with E-state index >= 15 is 0 Å². The normalized spacial score (nSPS) is 0. The molecule has 7 heteroatoms. The third-order valence-electron chi connectivity index (χ3n) is 0. The zero-order valence-electron chi connectivity index (χ0n) is 4.75. The molecule has 0 aromatic rings. The monoisotopic (exact) mass is 161 g/mol. The molecular formula is Li3MoN3. The van der Waals surface area contributed by atoms with Gasteiger partial charge >= 0.3 is 77.6 Å². The molecule has 0 aromatic heterocycles. The van der Waals surface area contributed by atoms with Crippen molar-refractivity contribution in [2.75, 3.05) is 0 Å². The molecule has 0 heterocycles. The Hall–Kier alpha value is 2.36. The van der Waals surface area contributed by atoms with Gasteiger partial charge in [-0.3, -0.25) is 0 Å². The molecule has 3 nitrogen and oxygen atoms in total. The Morgan fingerprint density at radius 2 is 0.429 bits per heavy atom. The van der Waals surface area contributed by atoms with Crippen molar-refractivity contribution in [2.24, 2.45) is 0 Å². The average molecular weight is 159 g/mol. The summed E-state index contributed by atoms with van der Waals surface area (Å²) in [6.07, 6.45) is 0. The quantitative estimate of drug-likeness (QED) is 0.314. The van der Waals surface area contributed by atoms with Crippen LogP contribution >= 0.6 is 0 Å². The largest absolute Gasteiger partial charge is 6.00 e. The summed E-state index contributed by atoms with van der Waals surface area (Å²) >= 11 is 0. The maximum absolute atomic E-state index is 0. The number of rotatable bonds is 0. The van der Waals surface area contributed by atoms with Gasteiger partial charge in [0.25, 0.3) is 0 Å². The molecule has 0 unspecified atom stereocenters. The van der Waals surface area contributed by atoms with E-state index < -0.39 is 0 Å². The third-order valence-corrected chi connectivity index (χ3v) is 0. The second-order valence-corrected chi connectivity index (χ2v) is 0. The van der Waals surface area contributed by atoms with Crippen molar-refractivity contribution in [1.29, 1.82) is 0 Å². The van der Waals surface area contributed by atoms with Crippen molar-refractivity contribution >= 4 is 0 Å². The van der Waals surface area contributed by atoms with Crippen molar-refractivity contribution < 1.29 is 77.6 Å². The van der Waals surface area contributed by atoms with Crippen molar-refractivity contribution in [3.8, 4) is 0 Å². The van der Waals surface area contributed by atoms with Crippen LogP contribution in [0.5, 0.6) is 0 Å². The molecule has 0 aliphatic carbocycles. The summed E-state index contributed by atoms with van der Waals surface area (Å²) in [6, 6.07) is 0. The van der Waals surface area contributed by atoms with E-state index in [1.54, 1.807) is 0 Å². The summed E-state index contributed by atoms with van der Waals surface area (Å²) in [6.45, 7) is 0. The molecule has 0 bridgehead atoms. The van der Waals surface area contributed by atoms with Crippen molar-refractivity contribution in [1.82, 2.24) is 0 Å². The molecule has 0 N–H and O–H groups in total. The van der Waals surface area contributed by atoms with Crippen LogP contribution in [-0.2, 0) is 21.1 Å². The Kier molecular flexibility index (Phi) is 1360. The van der Waals surface area contributed by atoms with E-state index in [-0.39, 0.29) is 96.1 Å². The first kappa shape index (κ1) is 117. The van der Waals surface area contributed by atoms with Gasteiger partial charge in [-0.1, -0.05) is 0 Å². The van der Waals surface area contributed by atoms with Crippen LogP contribution in [0.2, 0.25) is 0 Å². The van der Waals surface area contributed by atoms with Gasteiger partial charge in [0.1, 0.15) is 0 Å². The fourth-order valence-corrected chi connectivity index (χ4v) is 0. The Bertz CT molecular complexity index is 10.1. The van der Waals surface area contributed by atoms with Crippen LogP contribution in [0.4, 0.5) is 0 Å². The molecule has 24 valence electrons. The van der Waals surface area contributed by atoms with Gasteiger partial charge < -0.3 is 18.5 Å². The second-order valence-electron chi connectivity index (χ2n) is 0. The predicted octanol–water partition coefficient (Wildman–Crippen LogP) is -8.12. The minimum absolute atomic E-state index is 0. The first-order valence-electron chi connectivity index (χ1n) is 0. The smallest absolute Gasteiger partial charge is 3.00 e. The SMILES string of the molecule is [Li+].[Li+].[Li+].[Mo+6].[N-3].[N-3].[N-3]. The molecule has 0 spiro atoms. The zero-order chi connectivity index (χ0) is 0.